The van der Waals surface area contributed by atoms with Crippen LogP contribution in [0.2, 0.25) is 0 Å². The van der Waals surface area contributed by atoms with Crippen LogP contribution >= 0.6 is 11.8 Å². The van der Waals surface area contributed by atoms with E-state index in [0.29, 0.717) is 11.4 Å². The average Bonchev–Trinajstić information content (AvgIpc) is 2.41. The Morgan fingerprint density at radius 3 is 2.95 bits per heavy atom. The van der Waals surface area contributed by atoms with Gasteiger partial charge in [0, 0.05) is 18.1 Å². The highest BCUT2D eigenvalue weighted by Crippen LogP contribution is 2.11. The van der Waals surface area contributed by atoms with Crippen LogP contribution in [0.4, 0.5) is 5.69 Å². The summed E-state index contributed by atoms with van der Waals surface area (Å²) in [6.07, 6.45) is 1.36. The van der Waals surface area contributed by atoms with E-state index in [1.165, 1.54) is 6.20 Å². The molecule has 1 aromatic heterocycles. The smallest absolute Gasteiger partial charge is 0.309 e. The lowest BCUT2D eigenvalue weighted by atomic mass is 10.2. The van der Waals surface area contributed by atoms with Crippen molar-refractivity contribution in [2.24, 2.45) is 0 Å². The third-order valence-electron chi connectivity index (χ3n) is 2.66. The normalized spacial score (nSPS) is 18.8. The van der Waals surface area contributed by atoms with Crippen molar-refractivity contribution in [3.05, 3.63) is 24.0 Å². The highest BCUT2D eigenvalue weighted by Gasteiger charge is 2.20. The van der Waals surface area contributed by atoms with Crippen molar-refractivity contribution < 1.29 is 14.7 Å². The number of carboxylic acids is 1. The summed E-state index contributed by atoms with van der Waals surface area (Å²) >= 11 is 1.75. The van der Waals surface area contributed by atoms with Gasteiger partial charge in [-0.05, 0) is 12.1 Å². The van der Waals surface area contributed by atoms with Gasteiger partial charge in [0.05, 0.1) is 30.0 Å². The highest BCUT2D eigenvalue weighted by atomic mass is 32.2. The maximum Gasteiger partial charge on any atom is 0.309 e. The summed E-state index contributed by atoms with van der Waals surface area (Å²) in [5.74, 6) is 0.777. The van der Waals surface area contributed by atoms with Gasteiger partial charge in [-0.2, -0.15) is 11.8 Å². The fourth-order valence-corrected chi connectivity index (χ4v) is 2.65. The second kappa shape index (κ2) is 6.53. The lowest BCUT2D eigenvalue weighted by Crippen LogP contribution is -2.46. The monoisotopic (exact) mass is 281 g/mol. The van der Waals surface area contributed by atoms with Crippen LogP contribution in [0.5, 0.6) is 0 Å². The topological polar surface area (TPSA) is 91.3 Å². The molecule has 1 unspecified atom stereocenters. The zero-order chi connectivity index (χ0) is 13.7. The van der Waals surface area contributed by atoms with Gasteiger partial charge in [-0.15, -0.1) is 0 Å². The number of anilines is 1. The largest absolute Gasteiger partial charge is 0.481 e. The minimum atomic E-state index is -0.923. The molecule has 0 saturated carbocycles. The summed E-state index contributed by atoms with van der Waals surface area (Å²) < 4.78 is 0. The quantitative estimate of drug-likeness (QED) is 0.738. The van der Waals surface area contributed by atoms with Crippen LogP contribution < -0.4 is 10.6 Å². The van der Waals surface area contributed by atoms with Gasteiger partial charge >= 0.3 is 5.97 Å². The van der Waals surface area contributed by atoms with Crippen LogP contribution in [0, 0.1) is 0 Å². The van der Waals surface area contributed by atoms with E-state index in [9.17, 15) is 9.59 Å². The van der Waals surface area contributed by atoms with Gasteiger partial charge in [-0.3, -0.25) is 14.6 Å². The van der Waals surface area contributed by atoms with Crippen molar-refractivity contribution in [1.82, 2.24) is 10.3 Å². The molecule has 1 aliphatic rings. The van der Waals surface area contributed by atoms with Gasteiger partial charge in [0.15, 0.2) is 0 Å². The molecule has 1 aromatic rings. The Labute approximate surface area is 115 Å². The summed E-state index contributed by atoms with van der Waals surface area (Å²) in [6.45, 7) is 0.832. The zero-order valence-corrected chi connectivity index (χ0v) is 11.1. The molecule has 19 heavy (non-hydrogen) atoms. The van der Waals surface area contributed by atoms with Crippen LogP contribution in [-0.4, -0.2) is 46.1 Å². The van der Waals surface area contributed by atoms with E-state index in [1.807, 2.05) is 0 Å². The molecule has 0 spiro atoms. The van der Waals surface area contributed by atoms with E-state index in [0.717, 1.165) is 18.1 Å². The van der Waals surface area contributed by atoms with Gasteiger partial charge in [0.25, 0.3) is 0 Å². The standard InChI is InChI=1S/C12H15N3O3S/c16-11(17)5-8-1-2-9(6-14-8)15-12(18)10-7-19-4-3-13-10/h1-2,6,10,13H,3-5,7H2,(H,15,18)(H,16,17). The molecular weight excluding hydrogens is 266 g/mol. The first kappa shape index (κ1) is 13.8. The molecule has 6 nitrogen and oxygen atoms in total. The number of amides is 1. The van der Waals surface area contributed by atoms with Crippen molar-refractivity contribution in [2.45, 2.75) is 12.5 Å². The van der Waals surface area contributed by atoms with E-state index in [-0.39, 0.29) is 18.4 Å². The van der Waals surface area contributed by atoms with Crippen molar-refractivity contribution in [1.29, 1.82) is 0 Å². The molecule has 3 N–H and O–H groups in total. The Morgan fingerprint density at radius 1 is 1.53 bits per heavy atom. The summed E-state index contributed by atoms with van der Waals surface area (Å²) in [5, 5.41) is 14.5. The molecular formula is C12H15N3O3S. The van der Waals surface area contributed by atoms with Gasteiger partial charge < -0.3 is 15.7 Å². The van der Waals surface area contributed by atoms with Crippen LogP contribution in [0.3, 0.4) is 0 Å². The maximum absolute atomic E-state index is 11.9. The molecule has 102 valence electrons. The Balaban J connectivity index is 1.91. The second-order valence-electron chi connectivity index (χ2n) is 4.18. The fourth-order valence-electron chi connectivity index (χ4n) is 1.72. The lowest BCUT2D eigenvalue weighted by Gasteiger charge is -2.22. The van der Waals surface area contributed by atoms with E-state index in [1.54, 1.807) is 23.9 Å². The van der Waals surface area contributed by atoms with E-state index < -0.39 is 5.97 Å². The number of hydrogen-bond donors (Lipinski definition) is 3. The molecule has 0 bridgehead atoms. The number of carbonyl (C=O) groups excluding carboxylic acids is 1. The number of aliphatic carboxylic acids is 1. The number of rotatable bonds is 4. The zero-order valence-electron chi connectivity index (χ0n) is 10.3. The van der Waals surface area contributed by atoms with Gasteiger partial charge in [-0.25, -0.2) is 0 Å². The van der Waals surface area contributed by atoms with Crippen molar-refractivity contribution in [3.8, 4) is 0 Å². The van der Waals surface area contributed by atoms with Gasteiger partial charge in [-0.1, -0.05) is 0 Å². The van der Waals surface area contributed by atoms with Gasteiger partial charge in [0.1, 0.15) is 0 Å². The lowest BCUT2D eigenvalue weighted by molar-refractivity contribution is -0.136. The molecule has 7 heteroatoms. The Hall–Kier alpha value is -1.60. The van der Waals surface area contributed by atoms with Crippen molar-refractivity contribution in [3.63, 3.8) is 0 Å². The molecule has 0 radical (unpaired) electrons. The maximum atomic E-state index is 11.9. The number of nitrogens with zero attached hydrogens (tertiary/aromatic N) is 1. The molecule has 1 fully saturated rings. The van der Waals surface area contributed by atoms with Crippen LogP contribution in [-0.2, 0) is 16.0 Å². The molecule has 0 aliphatic carbocycles. The summed E-state index contributed by atoms with van der Waals surface area (Å²) in [5.41, 5.74) is 1.05. The Bertz CT molecular complexity index is 458. The Kier molecular flexibility index (Phi) is 4.75. The first-order valence-electron chi connectivity index (χ1n) is 5.94. The highest BCUT2D eigenvalue weighted by molar-refractivity contribution is 7.99. The predicted molar refractivity (Wildman–Crippen MR) is 73.3 cm³/mol. The average molecular weight is 281 g/mol. The predicted octanol–water partition coefficient (Wildman–Crippen LogP) is 0.352. The number of carbonyl (C=O) groups is 2. The fraction of sp³-hybridized carbons (Fsp3) is 0.417. The first-order chi connectivity index (χ1) is 9.15. The number of hydrogen-bond acceptors (Lipinski definition) is 5. The van der Waals surface area contributed by atoms with Crippen LogP contribution in [0.25, 0.3) is 0 Å². The number of nitrogens with one attached hydrogen (secondary N) is 2. The Morgan fingerprint density at radius 2 is 2.37 bits per heavy atom. The molecule has 1 amide bonds. The minimum Gasteiger partial charge on any atom is -0.481 e. The molecule has 1 aliphatic heterocycles. The number of aromatic nitrogens is 1. The first-order valence-corrected chi connectivity index (χ1v) is 7.09. The molecule has 2 rings (SSSR count). The molecule has 1 atom stereocenters. The third kappa shape index (κ3) is 4.22. The third-order valence-corrected chi connectivity index (χ3v) is 3.72. The number of pyridine rings is 1. The summed E-state index contributed by atoms with van der Waals surface area (Å²) in [4.78, 5) is 26.4. The van der Waals surface area contributed by atoms with Crippen LogP contribution in [0.15, 0.2) is 18.3 Å². The number of thioether (sulfide) groups is 1. The number of carboxylic acid groups (broad SMARTS) is 1. The van der Waals surface area contributed by atoms with Crippen molar-refractivity contribution in [2.75, 3.05) is 23.4 Å². The van der Waals surface area contributed by atoms with Crippen molar-refractivity contribution >= 4 is 29.3 Å². The minimum absolute atomic E-state index is 0.0833. The second-order valence-corrected chi connectivity index (χ2v) is 5.33. The van der Waals surface area contributed by atoms with E-state index in [4.69, 9.17) is 5.11 Å². The van der Waals surface area contributed by atoms with Gasteiger partial charge in [0.2, 0.25) is 5.91 Å². The SMILES string of the molecule is O=C(O)Cc1ccc(NC(=O)C2CSCCN2)cn1. The molecule has 1 saturated heterocycles. The van der Waals surface area contributed by atoms with E-state index >= 15 is 0 Å². The van der Waals surface area contributed by atoms with Crippen LogP contribution in [0.1, 0.15) is 5.69 Å². The molecule has 2 heterocycles. The molecule has 0 aromatic carbocycles. The summed E-state index contributed by atoms with van der Waals surface area (Å²) in [6, 6.07) is 3.09. The summed E-state index contributed by atoms with van der Waals surface area (Å²) in [7, 11) is 0. The van der Waals surface area contributed by atoms with E-state index in [2.05, 4.69) is 15.6 Å².